The standard InChI is InChI=1S/C14H19ClN2/c1-10(2)17-9-11(8-16(3)4)13-7-12(15)5-6-14(13)17/h5-7,9-10H,8H2,1-4H3. The first kappa shape index (κ1) is 12.5. The molecule has 0 N–H and O–H groups in total. The van der Waals surface area contributed by atoms with Gasteiger partial charge in [-0.3, -0.25) is 0 Å². The van der Waals surface area contributed by atoms with E-state index in [0.29, 0.717) is 6.04 Å². The summed E-state index contributed by atoms with van der Waals surface area (Å²) >= 11 is 6.09. The van der Waals surface area contributed by atoms with E-state index < -0.39 is 0 Å². The van der Waals surface area contributed by atoms with E-state index in [1.165, 1.54) is 16.5 Å². The van der Waals surface area contributed by atoms with E-state index in [9.17, 15) is 0 Å². The van der Waals surface area contributed by atoms with Crippen molar-refractivity contribution in [2.24, 2.45) is 0 Å². The zero-order chi connectivity index (χ0) is 12.6. The second-order valence-electron chi connectivity index (χ2n) is 5.05. The van der Waals surface area contributed by atoms with E-state index in [0.717, 1.165) is 11.6 Å². The second kappa shape index (κ2) is 4.71. The molecule has 0 saturated heterocycles. The summed E-state index contributed by atoms with van der Waals surface area (Å²) in [7, 11) is 4.17. The van der Waals surface area contributed by atoms with E-state index in [1.54, 1.807) is 0 Å². The normalized spacial score (nSPS) is 11.9. The molecule has 92 valence electrons. The quantitative estimate of drug-likeness (QED) is 0.801. The van der Waals surface area contributed by atoms with Crippen LogP contribution in [0, 0.1) is 0 Å². The molecule has 17 heavy (non-hydrogen) atoms. The Morgan fingerprint density at radius 1 is 1.29 bits per heavy atom. The molecule has 0 bridgehead atoms. The predicted octanol–water partition coefficient (Wildman–Crippen LogP) is 3.94. The van der Waals surface area contributed by atoms with Gasteiger partial charge in [-0.2, -0.15) is 0 Å². The Bertz CT molecular complexity index is 526. The molecule has 1 aromatic carbocycles. The number of benzene rings is 1. The Morgan fingerprint density at radius 3 is 2.59 bits per heavy atom. The zero-order valence-corrected chi connectivity index (χ0v) is 11.6. The highest BCUT2D eigenvalue weighted by Gasteiger charge is 2.11. The van der Waals surface area contributed by atoms with Crippen LogP contribution in [-0.2, 0) is 6.54 Å². The van der Waals surface area contributed by atoms with Gasteiger partial charge in [0.2, 0.25) is 0 Å². The van der Waals surface area contributed by atoms with E-state index >= 15 is 0 Å². The molecule has 1 heterocycles. The number of fused-ring (bicyclic) bond motifs is 1. The molecule has 2 aromatic rings. The fraction of sp³-hybridized carbons (Fsp3) is 0.429. The van der Waals surface area contributed by atoms with Crippen molar-refractivity contribution in [1.82, 2.24) is 9.47 Å². The lowest BCUT2D eigenvalue weighted by Gasteiger charge is -2.09. The zero-order valence-electron chi connectivity index (χ0n) is 10.9. The highest BCUT2D eigenvalue weighted by molar-refractivity contribution is 6.31. The highest BCUT2D eigenvalue weighted by Crippen LogP contribution is 2.28. The van der Waals surface area contributed by atoms with Gasteiger partial charge in [0, 0.05) is 34.7 Å². The van der Waals surface area contributed by atoms with Gasteiger partial charge in [0.1, 0.15) is 0 Å². The van der Waals surface area contributed by atoms with Gasteiger partial charge in [-0.1, -0.05) is 11.6 Å². The summed E-state index contributed by atoms with van der Waals surface area (Å²) < 4.78 is 2.31. The minimum absolute atomic E-state index is 0.467. The molecule has 1 aromatic heterocycles. The number of hydrogen-bond donors (Lipinski definition) is 0. The Morgan fingerprint density at radius 2 is 2.00 bits per heavy atom. The molecule has 0 radical (unpaired) electrons. The van der Waals surface area contributed by atoms with Crippen LogP contribution in [0.25, 0.3) is 10.9 Å². The molecule has 0 saturated carbocycles. The van der Waals surface area contributed by atoms with Crippen molar-refractivity contribution >= 4 is 22.5 Å². The largest absolute Gasteiger partial charge is 0.345 e. The van der Waals surface area contributed by atoms with Gasteiger partial charge in [0.05, 0.1) is 0 Å². The summed E-state index contributed by atoms with van der Waals surface area (Å²) in [5, 5.41) is 2.07. The van der Waals surface area contributed by atoms with Crippen LogP contribution in [0.5, 0.6) is 0 Å². The minimum atomic E-state index is 0.467. The molecule has 0 fully saturated rings. The Hall–Kier alpha value is -0.990. The average Bonchev–Trinajstić information content (AvgIpc) is 2.56. The maximum atomic E-state index is 6.09. The monoisotopic (exact) mass is 250 g/mol. The number of nitrogens with zero attached hydrogens (tertiary/aromatic N) is 2. The first-order valence-corrected chi connectivity index (χ1v) is 6.30. The fourth-order valence-corrected chi connectivity index (χ4v) is 2.36. The van der Waals surface area contributed by atoms with Gasteiger partial charge in [-0.25, -0.2) is 0 Å². The molecule has 0 spiro atoms. The lowest BCUT2D eigenvalue weighted by molar-refractivity contribution is 0.403. The van der Waals surface area contributed by atoms with Crippen LogP contribution in [0.2, 0.25) is 5.02 Å². The van der Waals surface area contributed by atoms with Crippen LogP contribution in [0.1, 0.15) is 25.5 Å². The smallest absolute Gasteiger partial charge is 0.0487 e. The summed E-state index contributed by atoms with van der Waals surface area (Å²) in [6.45, 7) is 5.34. The van der Waals surface area contributed by atoms with Crippen LogP contribution in [0.3, 0.4) is 0 Å². The molecular formula is C14H19ClN2. The third-order valence-electron chi connectivity index (χ3n) is 2.92. The van der Waals surface area contributed by atoms with Gasteiger partial charge in [-0.05, 0) is 51.7 Å². The molecule has 0 aliphatic rings. The molecule has 0 aliphatic heterocycles. The summed E-state index contributed by atoms with van der Waals surface area (Å²) in [5.74, 6) is 0. The second-order valence-corrected chi connectivity index (χ2v) is 5.49. The van der Waals surface area contributed by atoms with Gasteiger partial charge in [0.15, 0.2) is 0 Å². The molecule has 0 unspecified atom stereocenters. The molecule has 0 atom stereocenters. The van der Waals surface area contributed by atoms with Crippen molar-refractivity contribution in [3.63, 3.8) is 0 Å². The Labute approximate surface area is 108 Å². The van der Waals surface area contributed by atoms with Gasteiger partial charge in [-0.15, -0.1) is 0 Å². The molecule has 2 nitrogen and oxygen atoms in total. The van der Waals surface area contributed by atoms with Crippen LogP contribution in [-0.4, -0.2) is 23.6 Å². The van der Waals surface area contributed by atoms with Gasteiger partial charge < -0.3 is 9.47 Å². The van der Waals surface area contributed by atoms with E-state index in [2.05, 4.69) is 55.7 Å². The first-order chi connectivity index (χ1) is 7.99. The third-order valence-corrected chi connectivity index (χ3v) is 3.16. The van der Waals surface area contributed by atoms with Crippen LogP contribution in [0.15, 0.2) is 24.4 Å². The lowest BCUT2D eigenvalue weighted by Crippen LogP contribution is -2.10. The molecule has 2 rings (SSSR count). The third kappa shape index (κ3) is 2.48. The van der Waals surface area contributed by atoms with Crippen LogP contribution in [0.4, 0.5) is 0 Å². The van der Waals surface area contributed by atoms with Crippen LogP contribution >= 0.6 is 11.6 Å². The summed E-state index contributed by atoms with van der Waals surface area (Å²) in [5.41, 5.74) is 2.60. The Kier molecular flexibility index (Phi) is 3.45. The number of aromatic nitrogens is 1. The number of halogens is 1. The van der Waals surface area contributed by atoms with E-state index in [4.69, 9.17) is 11.6 Å². The van der Waals surface area contributed by atoms with Crippen molar-refractivity contribution in [2.75, 3.05) is 14.1 Å². The molecule has 0 aliphatic carbocycles. The Balaban J connectivity index is 2.62. The summed E-state index contributed by atoms with van der Waals surface area (Å²) in [6, 6.07) is 6.60. The predicted molar refractivity (Wildman–Crippen MR) is 74.7 cm³/mol. The van der Waals surface area contributed by atoms with Gasteiger partial charge >= 0.3 is 0 Å². The van der Waals surface area contributed by atoms with E-state index in [1.807, 2.05) is 6.07 Å². The number of hydrogen-bond acceptors (Lipinski definition) is 1. The SMILES string of the molecule is CC(C)n1cc(CN(C)C)c2cc(Cl)ccc21. The van der Waals surface area contributed by atoms with Crippen molar-refractivity contribution in [3.05, 3.63) is 35.0 Å². The molecule has 3 heteroatoms. The van der Waals surface area contributed by atoms with Crippen LogP contribution < -0.4 is 0 Å². The molecule has 0 amide bonds. The fourth-order valence-electron chi connectivity index (χ4n) is 2.19. The van der Waals surface area contributed by atoms with Crippen molar-refractivity contribution in [2.45, 2.75) is 26.4 Å². The highest BCUT2D eigenvalue weighted by atomic mass is 35.5. The average molecular weight is 251 g/mol. The number of rotatable bonds is 3. The van der Waals surface area contributed by atoms with Crippen molar-refractivity contribution in [1.29, 1.82) is 0 Å². The lowest BCUT2D eigenvalue weighted by atomic mass is 10.1. The first-order valence-electron chi connectivity index (χ1n) is 5.92. The topological polar surface area (TPSA) is 8.17 Å². The summed E-state index contributed by atoms with van der Waals surface area (Å²) in [4.78, 5) is 2.18. The summed E-state index contributed by atoms with van der Waals surface area (Å²) in [6.07, 6.45) is 2.24. The van der Waals surface area contributed by atoms with Gasteiger partial charge in [0.25, 0.3) is 0 Å². The maximum absolute atomic E-state index is 6.09. The van der Waals surface area contributed by atoms with Crippen molar-refractivity contribution in [3.8, 4) is 0 Å². The van der Waals surface area contributed by atoms with Crippen molar-refractivity contribution < 1.29 is 0 Å². The minimum Gasteiger partial charge on any atom is -0.345 e. The maximum Gasteiger partial charge on any atom is 0.0487 e. The van der Waals surface area contributed by atoms with E-state index in [-0.39, 0.29) is 0 Å². The molecular weight excluding hydrogens is 232 g/mol.